The van der Waals surface area contributed by atoms with Crippen LogP contribution in [0.3, 0.4) is 0 Å². The minimum atomic E-state index is -0.458. The summed E-state index contributed by atoms with van der Waals surface area (Å²) in [5.41, 5.74) is 8.22. The largest absolute Gasteiger partial charge is 0.462 e. The number of ether oxygens (including phenoxy) is 2. The predicted molar refractivity (Wildman–Crippen MR) is 79.6 cm³/mol. The topological polar surface area (TPSA) is 79.4 Å². The standard InChI is InChI=1S/C15H19N3O3/c1-5-20-15(19)11-7-6-8-12(13(11)16)21-14-9(2)17-18(4)10(14)3/h6-8H,5,16H2,1-4H3. The molecule has 1 heterocycles. The van der Waals surface area contributed by atoms with Crippen molar-refractivity contribution in [1.82, 2.24) is 9.78 Å². The molecule has 0 fully saturated rings. The van der Waals surface area contributed by atoms with Crippen LogP contribution < -0.4 is 10.5 Å². The lowest BCUT2D eigenvalue weighted by molar-refractivity contribution is 0.0527. The molecule has 2 rings (SSSR count). The summed E-state index contributed by atoms with van der Waals surface area (Å²) in [6.45, 7) is 5.80. The van der Waals surface area contributed by atoms with Crippen molar-refractivity contribution in [2.75, 3.05) is 12.3 Å². The molecule has 6 nitrogen and oxygen atoms in total. The maximum atomic E-state index is 11.8. The van der Waals surface area contributed by atoms with Gasteiger partial charge < -0.3 is 15.2 Å². The number of para-hydroxylation sites is 1. The zero-order chi connectivity index (χ0) is 15.6. The van der Waals surface area contributed by atoms with Crippen LogP contribution in [0.25, 0.3) is 0 Å². The van der Waals surface area contributed by atoms with E-state index in [4.69, 9.17) is 15.2 Å². The van der Waals surface area contributed by atoms with Crippen molar-refractivity contribution < 1.29 is 14.3 Å². The van der Waals surface area contributed by atoms with Gasteiger partial charge in [0.25, 0.3) is 0 Å². The van der Waals surface area contributed by atoms with Gasteiger partial charge in [0.05, 0.1) is 23.6 Å². The maximum absolute atomic E-state index is 11.8. The zero-order valence-electron chi connectivity index (χ0n) is 12.6. The van der Waals surface area contributed by atoms with Crippen molar-refractivity contribution >= 4 is 11.7 Å². The summed E-state index contributed by atoms with van der Waals surface area (Å²) >= 11 is 0. The highest BCUT2D eigenvalue weighted by molar-refractivity contribution is 5.96. The van der Waals surface area contributed by atoms with Gasteiger partial charge in [0.2, 0.25) is 0 Å². The molecule has 2 aromatic rings. The molecular formula is C15H19N3O3. The van der Waals surface area contributed by atoms with Crippen molar-refractivity contribution in [2.45, 2.75) is 20.8 Å². The molecule has 0 spiro atoms. The lowest BCUT2D eigenvalue weighted by Crippen LogP contribution is -2.08. The van der Waals surface area contributed by atoms with E-state index in [0.29, 0.717) is 23.7 Å². The normalized spacial score (nSPS) is 10.5. The zero-order valence-corrected chi connectivity index (χ0v) is 12.6. The van der Waals surface area contributed by atoms with Crippen molar-refractivity contribution in [3.05, 3.63) is 35.2 Å². The molecular weight excluding hydrogens is 270 g/mol. The molecule has 0 atom stereocenters. The molecule has 2 N–H and O–H groups in total. The third-order valence-corrected chi connectivity index (χ3v) is 3.22. The average molecular weight is 289 g/mol. The van der Waals surface area contributed by atoms with Gasteiger partial charge in [-0.05, 0) is 32.9 Å². The number of aromatic nitrogens is 2. The summed E-state index contributed by atoms with van der Waals surface area (Å²) in [6.07, 6.45) is 0. The first-order valence-corrected chi connectivity index (χ1v) is 6.69. The maximum Gasteiger partial charge on any atom is 0.340 e. The van der Waals surface area contributed by atoms with E-state index in [2.05, 4.69) is 5.10 Å². The number of rotatable bonds is 4. The van der Waals surface area contributed by atoms with Crippen LogP contribution in [-0.2, 0) is 11.8 Å². The fraction of sp³-hybridized carbons (Fsp3) is 0.333. The first-order valence-electron chi connectivity index (χ1n) is 6.69. The molecule has 0 radical (unpaired) electrons. The number of hydrogen-bond acceptors (Lipinski definition) is 5. The van der Waals surface area contributed by atoms with Gasteiger partial charge in [-0.1, -0.05) is 6.07 Å². The molecule has 6 heteroatoms. The lowest BCUT2D eigenvalue weighted by Gasteiger charge is -2.11. The Kier molecular flexibility index (Phi) is 4.16. The van der Waals surface area contributed by atoms with Crippen LogP contribution >= 0.6 is 0 Å². The number of carbonyl (C=O) groups excluding carboxylic acids is 1. The number of hydrogen-bond donors (Lipinski definition) is 1. The highest BCUT2D eigenvalue weighted by Crippen LogP contribution is 2.33. The SMILES string of the molecule is CCOC(=O)c1cccc(Oc2c(C)nn(C)c2C)c1N. The van der Waals surface area contributed by atoms with Gasteiger partial charge in [-0.2, -0.15) is 5.10 Å². The predicted octanol–water partition coefficient (Wildman–Crippen LogP) is 2.59. The van der Waals surface area contributed by atoms with Gasteiger partial charge in [-0.15, -0.1) is 0 Å². The van der Waals surface area contributed by atoms with Crippen molar-refractivity contribution in [2.24, 2.45) is 7.05 Å². The second kappa shape index (κ2) is 5.87. The summed E-state index contributed by atoms with van der Waals surface area (Å²) in [4.78, 5) is 11.8. The fourth-order valence-corrected chi connectivity index (χ4v) is 2.03. The van der Waals surface area contributed by atoms with E-state index in [1.54, 1.807) is 29.8 Å². The first-order chi connectivity index (χ1) is 9.95. The minimum Gasteiger partial charge on any atom is -0.462 e. The average Bonchev–Trinajstić information content (AvgIpc) is 2.67. The first kappa shape index (κ1) is 14.9. The van der Waals surface area contributed by atoms with Crippen LogP contribution in [0.4, 0.5) is 5.69 Å². The molecule has 21 heavy (non-hydrogen) atoms. The summed E-state index contributed by atoms with van der Waals surface area (Å²) in [5.74, 6) is 0.602. The Hall–Kier alpha value is -2.50. The molecule has 0 unspecified atom stereocenters. The minimum absolute atomic E-state index is 0.263. The molecule has 1 aromatic carbocycles. The van der Waals surface area contributed by atoms with Crippen LogP contribution in [-0.4, -0.2) is 22.4 Å². The summed E-state index contributed by atoms with van der Waals surface area (Å²) in [6, 6.07) is 5.03. The third kappa shape index (κ3) is 2.84. The third-order valence-electron chi connectivity index (χ3n) is 3.22. The Labute approximate surface area is 123 Å². The molecule has 0 saturated carbocycles. The summed E-state index contributed by atoms with van der Waals surface area (Å²) in [7, 11) is 1.84. The van der Waals surface area contributed by atoms with Gasteiger partial charge in [0.15, 0.2) is 11.5 Å². The van der Waals surface area contributed by atoms with Crippen LogP contribution in [0.15, 0.2) is 18.2 Å². The Morgan fingerprint density at radius 3 is 2.67 bits per heavy atom. The molecule has 0 aliphatic rings. The van der Waals surface area contributed by atoms with Crippen LogP contribution in [0, 0.1) is 13.8 Å². The van der Waals surface area contributed by atoms with Crippen molar-refractivity contribution in [1.29, 1.82) is 0 Å². The smallest absolute Gasteiger partial charge is 0.340 e. The Morgan fingerprint density at radius 1 is 1.38 bits per heavy atom. The number of esters is 1. The van der Waals surface area contributed by atoms with Gasteiger partial charge in [-0.3, -0.25) is 4.68 Å². The molecule has 0 aliphatic heterocycles. The number of aryl methyl sites for hydroxylation is 2. The molecule has 0 aliphatic carbocycles. The molecule has 0 saturated heterocycles. The van der Waals surface area contributed by atoms with E-state index in [1.807, 2.05) is 20.9 Å². The number of nitrogen functional groups attached to an aromatic ring is 1. The van der Waals surface area contributed by atoms with Crippen molar-refractivity contribution in [3.63, 3.8) is 0 Å². The van der Waals surface area contributed by atoms with Crippen LogP contribution in [0.5, 0.6) is 11.5 Å². The molecule has 112 valence electrons. The van der Waals surface area contributed by atoms with E-state index in [0.717, 1.165) is 11.4 Å². The van der Waals surface area contributed by atoms with E-state index in [1.165, 1.54) is 0 Å². The highest BCUT2D eigenvalue weighted by atomic mass is 16.5. The fourth-order valence-electron chi connectivity index (χ4n) is 2.03. The Morgan fingerprint density at radius 2 is 2.10 bits per heavy atom. The van der Waals surface area contributed by atoms with Crippen LogP contribution in [0.2, 0.25) is 0 Å². The van der Waals surface area contributed by atoms with Crippen LogP contribution in [0.1, 0.15) is 28.7 Å². The molecule has 0 amide bonds. The molecule has 1 aromatic heterocycles. The van der Waals surface area contributed by atoms with Gasteiger partial charge in [0, 0.05) is 7.05 Å². The number of anilines is 1. The monoisotopic (exact) mass is 289 g/mol. The summed E-state index contributed by atoms with van der Waals surface area (Å²) in [5, 5.41) is 4.28. The highest BCUT2D eigenvalue weighted by Gasteiger charge is 2.17. The van der Waals surface area contributed by atoms with Gasteiger partial charge in [0.1, 0.15) is 5.69 Å². The van der Waals surface area contributed by atoms with E-state index in [-0.39, 0.29) is 5.69 Å². The Balaban J connectivity index is 2.37. The Bertz CT molecular complexity index is 677. The second-order valence-electron chi connectivity index (χ2n) is 4.66. The van der Waals surface area contributed by atoms with Crippen molar-refractivity contribution in [3.8, 4) is 11.5 Å². The number of benzene rings is 1. The number of nitrogens with zero attached hydrogens (tertiary/aromatic N) is 2. The molecule has 0 bridgehead atoms. The van der Waals surface area contributed by atoms with Gasteiger partial charge >= 0.3 is 5.97 Å². The van der Waals surface area contributed by atoms with E-state index >= 15 is 0 Å². The van der Waals surface area contributed by atoms with E-state index in [9.17, 15) is 4.79 Å². The quantitative estimate of drug-likeness (QED) is 0.691. The number of carbonyl (C=O) groups is 1. The summed E-state index contributed by atoms with van der Waals surface area (Å²) < 4.78 is 12.6. The van der Waals surface area contributed by atoms with E-state index < -0.39 is 5.97 Å². The number of nitrogens with two attached hydrogens (primary N) is 1. The second-order valence-corrected chi connectivity index (χ2v) is 4.66. The lowest BCUT2D eigenvalue weighted by atomic mass is 10.1. The van der Waals surface area contributed by atoms with Gasteiger partial charge in [-0.25, -0.2) is 4.79 Å².